The van der Waals surface area contributed by atoms with Crippen molar-refractivity contribution < 1.29 is 8.83 Å². The Labute approximate surface area is 170 Å². The zero-order chi connectivity index (χ0) is 19.1. The number of aromatic nitrogens is 4. The lowest BCUT2D eigenvalue weighted by Crippen LogP contribution is -2.22. The molecule has 4 aromatic rings. The van der Waals surface area contributed by atoms with Crippen molar-refractivity contribution in [1.29, 1.82) is 0 Å². The summed E-state index contributed by atoms with van der Waals surface area (Å²) >= 11 is 6.20. The number of hydrogen-bond acceptors (Lipinski definition) is 8. The van der Waals surface area contributed by atoms with E-state index in [1.807, 2.05) is 20.8 Å². The van der Waals surface area contributed by atoms with Gasteiger partial charge in [-0.15, -0.1) is 21.5 Å². The second-order valence-corrected chi connectivity index (χ2v) is 8.73. The number of fused-ring (bicyclic) bond motifs is 1. The minimum atomic E-state index is -0.00139. The number of aryl methyl sites for hydroxylation is 2. The van der Waals surface area contributed by atoms with E-state index >= 15 is 0 Å². The fourth-order valence-corrected chi connectivity index (χ4v) is 4.94. The Hall–Kier alpha value is -1.91. The van der Waals surface area contributed by atoms with E-state index in [1.165, 1.54) is 11.8 Å². The number of thioether (sulfide) groups is 1. The van der Waals surface area contributed by atoms with Crippen molar-refractivity contribution in [3.63, 3.8) is 0 Å². The molecule has 0 aromatic carbocycles. The van der Waals surface area contributed by atoms with Crippen LogP contribution in [0, 0.1) is 13.8 Å². The lowest BCUT2D eigenvalue weighted by atomic mass is 10.2. The maximum absolute atomic E-state index is 12.9. The highest BCUT2D eigenvalue weighted by molar-refractivity contribution is 9.10. The summed E-state index contributed by atoms with van der Waals surface area (Å²) < 4.78 is 13.3. The maximum Gasteiger partial charge on any atom is 0.283 e. The number of thiophene rings is 1. The molecule has 0 fully saturated rings. The standard InChI is InChI=1S/C17H15BrN4O3S2/c1-4-22-16(23)13-8(2)9(3)27-15(13)19-17(22)26-7-12-20-21-14(25-12)10-5-6-11(18)24-10/h5-6H,4,7H2,1-3H3. The van der Waals surface area contributed by atoms with Crippen LogP contribution in [0.2, 0.25) is 0 Å². The second-order valence-electron chi connectivity index (χ2n) is 5.80. The summed E-state index contributed by atoms with van der Waals surface area (Å²) in [5.74, 6) is 1.67. The Balaban J connectivity index is 1.62. The first kappa shape index (κ1) is 18.5. The van der Waals surface area contributed by atoms with Crippen LogP contribution in [0.5, 0.6) is 0 Å². The van der Waals surface area contributed by atoms with E-state index in [9.17, 15) is 4.79 Å². The van der Waals surface area contributed by atoms with Gasteiger partial charge in [0.05, 0.1) is 11.1 Å². The normalized spacial score (nSPS) is 11.6. The Bertz CT molecular complexity index is 1190. The van der Waals surface area contributed by atoms with E-state index in [-0.39, 0.29) is 5.56 Å². The van der Waals surface area contributed by atoms with Crippen LogP contribution in [0.4, 0.5) is 0 Å². The highest BCUT2D eigenvalue weighted by Crippen LogP contribution is 2.30. The number of furan rings is 1. The molecule has 0 spiro atoms. The molecule has 0 aliphatic carbocycles. The topological polar surface area (TPSA) is 86.9 Å². The molecule has 0 unspecified atom stereocenters. The molecule has 4 rings (SSSR count). The van der Waals surface area contributed by atoms with Gasteiger partial charge in [0.2, 0.25) is 5.89 Å². The molecule has 0 aliphatic rings. The molecule has 0 bridgehead atoms. The molecule has 0 aliphatic heterocycles. The minimum Gasteiger partial charge on any atom is -0.444 e. The fraction of sp³-hybridized carbons (Fsp3) is 0.294. The second kappa shape index (κ2) is 7.25. The van der Waals surface area contributed by atoms with Gasteiger partial charge in [-0.3, -0.25) is 9.36 Å². The van der Waals surface area contributed by atoms with Crippen LogP contribution in [0.3, 0.4) is 0 Å². The van der Waals surface area contributed by atoms with Crippen molar-refractivity contribution in [2.24, 2.45) is 0 Å². The minimum absolute atomic E-state index is 0.00139. The Morgan fingerprint density at radius 1 is 1.26 bits per heavy atom. The predicted molar refractivity (Wildman–Crippen MR) is 108 cm³/mol. The summed E-state index contributed by atoms with van der Waals surface area (Å²) in [6.07, 6.45) is 0. The van der Waals surface area contributed by atoms with Crippen molar-refractivity contribution in [2.45, 2.75) is 38.2 Å². The van der Waals surface area contributed by atoms with Gasteiger partial charge in [-0.2, -0.15) is 0 Å². The Kier molecular flexibility index (Phi) is 4.95. The quantitative estimate of drug-likeness (QED) is 0.308. The SMILES string of the molecule is CCn1c(SCc2nnc(-c3ccc(Br)o3)o2)nc2sc(C)c(C)c2c1=O. The van der Waals surface area contributed by atoms with E-state index < -0.39 is 0 Å². The van der Waals surface area contributed by atoms with Crippen LogP contribution in [0.25, 0.3) is 21.9 Å². The third kappa shape index (κ3) is 3.37. The zero-order valence-electron chi connectivity index (χ0n) is 14.8. The van der Waals surface area contributed by atoms with Gasteiger partial charge >= 0.3 is 0 Å². The van der Waals surface area contributed by atoms with Gasteiger partial charge < -0.3 is 8.83 Å². The summed E-state index contributed by atoms with van der Waals surface area (Å²) in [5, 5.41) is 9.42. The molecule has 0 N–H and O–H groups in total. The summed E-state index contributed by atoms with van der Waals surface area (Å²) in [7, 11) is 0. The highest BCUT2D eigenvalue weighted by atomic mass is 79.9. The van der Waals surface area contributed by atoms with Crippen molar-refractivity contribution in [2.75, 3.05) is 0 Å². The van der Waals surface area contributed by atoms with Crippen LogP contribution in [-0.2, 0) is 12.3 Å². The third-order valence-corrected chi connectivity index (χ3v) is 6.63. The number of hydrogen-bond donors (Lipinski definition) is 0. The monoisotopic (exact) mass is 466 g/mol. The first-order valence-electron chi connectivity index (χ1n) is 8.19. The zero-order valence-corrected chi connectivity index (χ0v) is 18.0. The Morgan fingerprint density at radius 2 is 2.07 bits per heavy atom. The maximum atomic E-state index is 12.9. The molecule has 0 radical (unpaired) electrons. The number of nitrogens with zero attached hydrogens (tertiary/aromatic N) is 4. The van der Waals surface area contributed by atoms with Gasteiger partial charge in [0.25, 0.3) is 11.4 Å². The summed E-state index contributed by atoms with van der Waals surface area (Å²) in [5.41, 5.74) is 1.01. The van der Waals surface area contributed by atoms with Crippen LogP contribution < -0.4 is 5.56 Å². The van der Waals surface area contributed by atoms with Gasteiger partial charge in [0.15, 0.2) is 15.6 Å². The van der Waals surface area contributed by atoms with Crippen molar-refractivity contribution in [3.05, 3.63) is 43.5 Å². The van der Waals surface area contributed by atoms with Crippen LogP contribution in [0.1, 0.15) is 23.3 Å². The largest absolute Gasteiger partial charge is 0.444 e. The van der Waals surface area contributed by atoms with E-state index in [0.717, 1.165) is 15.3 Å². The molecule has 0 saturated heterocycles. The van der Waals surface area contributed by atoms with Crippen molar-refractivity contribution >= 4 is 49.2 Å². The van der Waals surface area contributed by atoms with Gasteiger partial charge in [0.1, 0.15) is 4.83 Å². The first-order chi connectivity index (χ1) is 13.0. The molecule has 10 heteroatoms. The molecule has 7 nitrogen and oxygen atoms in total. The molecule has 4 aromatic heterocycles. The molecule has 0 amide bonds. The van der Waals surface area contributed by atoms with E-state index in [1.54, 1.807) is 28.0 Å². The Morgan fingerprint density at radius 3 is 2.78 bits per heavy atom. The van der Waals surface area contributed by atoms with Gasteiger partial charge in [0, 0.05) is 11.4 Å². The average molecular weight is 467 g/mol. The van der Waals surface area contributed by atoms with E-state index in [4.69, 9.17) is 13.8 Å². The molecule has 0 saturated carbocycles. The molecule has 27 heavy (non-hydrogen) atoms. The molecule has 140 valence electrons. The first-order valence-corrected chi connectivity index (χ1v) is 10.8. The molecule has 0 atom stereocenters. The van der Waals surface area contributed by atoms with Crippen molar-refractivity contribution in [3.8, 4) is 11.7 Å². The third-order valence-electron chi connectivity index (χ3n) is 4.15. The van der Waals surface area contributed by atoms with Gasteiger partial charge in [-0.05, 0) is 54.4 Å². The van der Waals surface area contributed by atoms with Crippen LogP contribution in [-0.4, -0.2) is 19.7 Å². The van der Waals surface area contributed by atoms with Crippen LogP contribution >= 0.6 is 39.0 Å². The molecule has 4 heterocycles. The number of halogens is 1. The number of rotatable bonds is 5. The highest BCUT2D eigenvalue weighted by Gasteiger charge is 2.18. The van der Waals surface area contributed by atoms with Gasteiger partial charge in [-0.1, -0.05) is 11.8 Å². The van der Waals surface area contributed by atoms with Crippen molar-refractivity contribution in [1.82, 2.24) is 19.7 Å². The molecular formula is C17H15BrN4O3S2. The average Bonchev–Trinajstić information content (AvgIpc) is 3.33. The van der Waals surface area contributed by atoms with E-state index in [0.29, 0.717) is 45.1 Å². The summed E-state index contributed by atoms with van der Waals surface area (Å²) in [6, 6.07) is 3.51. The molecular weight excluding hydrogens is 452 g/mol. The lowest BCUT2D eigenvalue weighted by Gasteiger charge is -2.08. The van der Waals surface area contributed by atoms with E-state index in [2.05, 4.69) is 26.1 Å². The summed E-state index contributed by atoms with van der Waals surface area (Å²) in [4.78, 5) is 19.5. The smallest absolute Gasteiger partial charge is 0.283 e. The predicted octanol–water partition coefficient (Wildman–Crippen LogP) is 4.79. The summed E-state index contributed by atoms with van der Waals surface area (Å²) in [6.45, 7) is 6.47. The van der Waals surface area contributed by atoms with Crippen LogP contribution in [0.15, 0.2) is 35.6 Å². The van der Waals surface area contributed by atoms with Gasteiger partial charge in [-0.25, -0.2) is 4.98 Å². The fourth-order valence-electron chi connectivity index (χ4n) is 2.66. The lowest BCUT2D eigenvalue weighted by molar-refractivity contribution is 0.486.